The van der Waals surface area contributed by atoms with Gasteiger partial charge in [0.25, 0.3) is 11.6 Å². The Balaban J connectivity index is 1.73. The minimum absolute atomic E-state index is 0.0292. The van der Waals surface area contributed by atoms with Gasteiger partial charge in [0.1, 0.15) is 5.58 Å². The highest BCUT2D eigenvalue weighted by molar-refractivity contribution is 9.10. The van der Waals surface area contributed by atoms with E-state index >= 15 is 0 Å². The first-order valence-corrected chi connectivity index (χ1v) is 11.0. The molecule has 1 aliphatic heterocycles. The van der Waals surface area contributed by atoms with Gasteiger partial charge in [-0.05, 0) is 36.2 Å². The van der Waals surface area contributed by atoms with Crippen LogP contribution in [0.25, 0.3) is 11.0 Å². The normalized spacial score (nSPS) is 15.2. The fourth-order valence-electron chi connectivity index (χ4n) is 4.20. The van der Waals surface area contributed by atoms with E-state index in [1.807, 2.05) is 31.2 Å². The van der Waals surface area contributed by atoms with E-state index in [1.165, 1.54) is 17.0 Å². The van der Waals surface area contributed by atoms with Crippen LogP contribution in [-0.4, -0.2) is 15.7 Å². The summed E-state index contributed by atoms with van der Waals surface area (Å²) < 4.78 is 6.63. The second kappa shape index (κ2) is 7.97. The molecule has 0 fully saturated rings. The standard InChI is InChI=1S/C25H17BrN2O5/c1-14-5-7-15(8-6-14)13-27-22(16-3-2-4-18(11-16)28(31)32)21-23(29)19-12-17(26)9-10-20(19)33-24(21)25(27)30/h2-12,22H,13H2,1H3. The Kier molecular flexibility index (Phi) is 5.09. The summed E-state index contributed by atoms with van der Waals surface area (Å²) >= 11 is 3.37. The monoisotopic (exact) mass is 504 g/mol. The van der Waals surface area contributed by atoms with Crippen molar-refractivity contribution in [2.45, 2.75) is 19.5 Å². The van der Waals surface area contributed by atoms with E-state index in [0.717, 1.165) is 11.1 Å². The van der Waals surface area contributed by atoms with Gasteiger partial charge in [0, 0.05) is 23.2 Å². The average molecular weight is 505 g/mol. The number of nitro benzene ring substituents is 1. The molecule has 1 amide bonds. The summed E-state index contributed by atoms with van der Waals surface area (Å²) in [6.07, 6.45) is 0. The zero-order valence-corrected chi connectivity index (χ0v) is 19.0. The predicted molar refractivity (Wildman–Crippen MR) is 126 cm³/mol. The third kappa shape index (κ3) is 3.62. The fraction of sp³-hybridized carbons (Fsp3) is 0.120. The lowest BCUT2D eigenvalue weighted by molar-refractivity contribution is -0.384. The fourth-order valence-corrected chi connectivity index (χ4v) is 4.56. The highest BCUT2D eigenvalue weighted by Gasteiger charge is 2.43. The molecule has 164 valence electrons. The van der Waals surface area contributed by atoms with Gasteiger partial charge in [0.2, 0.25) is 5.76 Å². The van der Waals surface area contributed by atoms with Gasteiger partial charge in [0.15, 0.2) is 5.43 Å². The Morgan fingerprint density at radius 2 is 1.82 bits per heavy atom. The smallest absolute Gasteiger partial charge is 0.291 e. The summed E-state index contributed by atoms with van der Waals surface area (Å²) in [7, 11) is 0. The molecule has 8 heteroatoms. The summed E-state index contributed by atoms with van der Waals surface area (Å²) in [5, 5.41) is 11.7. The number of benzene rings is 3. The highest BCUT2D eigenvalue weighted by Crippen LogP contribution is 2.40. The number of aryl methyl sites for hydroxylation is 1. The van der Waals surface area contributed by atoms with Crippen molar-refractivity contribution in [2.24, 2.45) is 0 Å². The molecule has 0 saturated carbocycles. The number of hydrogen-bond acceptors (Lipinski definition) is 5. The van der Waals surface area contributed by atoms with Crippen LogP contribution in [0.3, 0.4) is 0 Å². The summed E-state index contributed by atoms with van der Waals surface area (Å²) in [5.41, 5.74) is 2.49. The lowest BCUT2D eigenvalue weighted by atomic mass is 9.98. The van der Waals surface area contributed by atoms with E-state index in [0.29, 0.717) is 21.0 Å². The van der Waals surface area contributed by atoms with Crippen LogP contribution >= 0.6 is 15.9 Å². The molecule has 4 aromatic rings. The molecule has 1 aliphatic rings. The molecule has 0 N–H and O–H groups in total. The molecule has 0 bridgehead atoms. The van der Waals surface area contributed by atoms with Crippen LogP contribution in [-0.2, 0) is 6.54 Å². The van der Waals surface area contributed by atoms with Gasteiger partial charge in [-0.3, -0.25) is 19.7 Å². The zero-order valence-electron chi connectivity index (χ0n) is 17.4. The number of halogens is 1. The number of fused-ring (bicyclic) bond motifs is 2. The second-order valence-electron chi connectivity index (χ2n) is 7.99. The van der Waals surface area contributed by atoms with E-state index in [1.54, 1.807) is 30.3 Å². The van der Waals surface area contributed by atoms with Gasteiger partial charge in [0.05, 0.1) is 21.9 Å². The molecular formula is C25H17BrN2O5. The van der Waals surface area contributed by atoms with Crippen molar-refractivity contribution in [1.82, 2.24) is 4.90 Å². The maximum Gasteiger partial charge on any atom is 0.291 e. The van der Waals surface area contributed by atoms with Crippen molar-refractivity contribution in [3.05, 3.63) is 120 Å². The predicted octanol–water partition coefficient (Wildman–Crippen LogP) is 5.52. The largest absolute Gasteiger partial charge is 0.450 e. The van der Waals surface area contributed by atoms with E-state index < -0.39 is 16.9 Å². The molecule has 1 aromatic heterocycles. The highest BCUT2D eigenvalue weighted by atomic mass is 79.9. The van der Waals surface area contributed by atoms with Crippen molar-refractivity contribution < 1.29 is 14.1 Å². The third-order valence-electron chi connectivity index (χ3n) is 5.80. The number of non-ortho nitro benzene ring substituents is 1. The Morgan fingerprint density at radius 1 is 1.06 bits per heavy atom. The second-order valence-corrected chi connectivity index (χ2v) is 8.90. The summed E-state index contributed by atoms with van der Waals surface area (Å²) in [4.78, 5) is 39.5. The van der Waals surface area contributed by atoms with Crippen LogP contribution in [0.15, 0.2) is 80.4 Å². The lowest BCUT2D eigenvalue weighted by Gasteiger charge is -2.25. The molecule has 7 nitrogen and oxygen atoms in total. The molecule has 1 atom stereocenters. The summed E-state index contributed by atoms with van der Waals surface area (Å²) in [5.74, 6) is -0.456. The first-order chi connectivity index (χ1) is 15.8. The van der Waals surface area contributed by atoms with Gasteiger partial charge in [-0.1, -0.05) is 57.9 Å². The van der Waals surface area contributed by atoms with Gasteiger partial charge in [-0.25, -0.2) is 0 Å². The quantitative estimate of drug-likeness (QED) is 0.269. The first kappa shape index (κ1) is 21.1. The molecule has 0 spiro atoms. The van der Waals surface area contributed by atoms with E-state index in [4.69, 9.17) is 4.42 Å². The van der Waals surface area contributed by atoms with Crippen LogP contribution in [0.1, 0.15) is 38.9 Å². The van der Waals surface area contributed by atoms with Crippen LogP contribution in [0.4, 0.5) is 5.69 Å². The SMILES string of the molecule is Cc1ccc(CN2C(=O)c3oc4ccc(Br)cc4c(=O)c3C2c2cccc([N+](=O)[O-])c2)cc1. The van der Waals surface area contributed by atoms with Gasteiger partial charge >= 0.3 is 0 Å². The Hall–Kier alpha value is -3.78. The van der Waals surface area contributed by atoms with Gasteiger partial charge < -0.3 is 9.32 Å². The number of carbonyl (C=O) groups excluding carboxylic acids is 1. The molecular weight excluding hydrogens is 488 g/mol. The van der Waals surface area contributed by atoms with Crippen molar-refractivity contribution >= 4 is 38.5 Å². The molecule has 1 unspecified atom stereocenters. The Labute approximate surface area is 196 Å². The zero-order chi connectivity index (χ0) is 23.3. The minimum atomic E-state index is -0.812. The number of amides is 1. The van der Waals surface area contributed by atoms with Crippen molar-refractivity contribution in [1.29, 1.82) is 0 Å². The lowest BCUT2D eigenvalue weighted by Crippen LogP contribution is -2.29. The van der Waals surface area contributed by atoms with E-state index in [-0.39, 0.29) is 29.0 Å². The third-order valence-corrected chi connectivity index (χ3v) is 6.29. The first-order valence-electron chi connectivity index (χ1n) is 10.2. The van der Waals surface area contributed by atoms with E-state index in [2.05, 4.69) is 15.9 Å². The van der Waals surface area contributed by atoms with Crippen molar-refractivity contribution in [3.63, 3.8) is 0 Å². The molecule has 2 heterocycles. The van der Waals surface area contributed by atoms with Crippen molar-refractivity contribution in [2.75, 3.05) is 0 Å². The maximum absolute atomic E-state index is 13.6. The van der Waals surface area contributed by atoms with Gasteiger partial charge in [-0.15, -0.1) is 0 Å². The topological polar surface area (TPSA) is 93.7 Å². The van der Waals surface area contributed by atoms with Crippen LogP contribution in [0, 0.1) is 17.0 Å². The van der Waals surface area contributed by atoms with Crippen LogP contribution < -0.4 is 5.43 Å². The minimum Gasteiger partial charge on any atom is -0.450 e. The van der Waals surface area contributed by atoms with Crippen LogP contribution in [0.5, 0.6) is 0 Å². The van der Waals surface area contributed by atoms with E-state index in [9.17, 15) is 19.7 Å². The van der Waals surface area contributed by atoms with Crippen LogP contribution in [0.2, 0.25) is 0 Å². The number of hydrogen-bond donors (Lipinski definition) is 0. The number of carbonyl (C=O) groups is 1. The van der Waals surface area contributed by atoms with Crippen molar-refractivity contribution in [3.8, 4) is 0 Å². The molecule has 0 radical (unpaired) electrons. The summed E-state index contributed by atoms with van der Waals surface area (Å²) in [6.45, 7) is 2.19. The van der Waals surface area contributed by atoms with Gasteiger partial charge in [-0.2, -0.15) is 0 Å². The summed E-state index contributed by atoms with van der Waals surface area (Å²) in [6, 6.07) is 18.0. The average Bonchev–Trinajstić information content (AvgIpc) is 3.08. The number of nitro groups is 1. The molecule has 0 aliphatic carbocycles. The number of nitrogens with zero attached hydrogens (tertiary/aromatic N) is 2. The number of rotatable bonds is 4. The Bertz CT molecular complexity index is 1490. The maximum atomic E-state index is 13.6. The molecule has 33 heavy (non-hydrogen) atoms. The molecule has 5 rings (SSSR count). The molecule has 0 saturated heterocycles. The molecule has 3 aromatic carbocycles. The Morgan fingerprint density at radius 3 is 2.55 bits per heavy atom.